The summed E-state index contributed by atoms with van der Waals surface area (Å²) in [5, 5.41) is 0.776. The number of nitrogens with zero attached hydrogens (tertiary/aromatic N) is 2. The molecule has 1 aromatic carbocycles. The second kappa shape index (κ2) is 8.81. The molecule has 2 amide bonds. The third-order valence-electron chi connectivity index (χ3n) is 6.20. The number of ether oxygens (including phenoxy) is 1. The van der Waals surface area contributed by atoms with Gasteiger partial charge in [-0.15, -0.1) is 0 Å². The van der Waals surface area contributed by atoms with Gasteiger partial charge in [-0.2, -0.15) is 0 Å². The third kappa shape index (κ3) is 4.15. The van der Waals surface area contributed by atoms with E-state index < -0.39 is 5.97 Å². The Hall–Kier alpha value is -2.96. The van der Waals surface area contributed by atoms with Crippen molar-refractivity contribution in [2.24, 2.45) is 11.7 Å². The van der Waals surface area contributed by atoms with Gasteiger partial charge in [-0.05, 0) is 50.2 Å². The first-order valence-electron chi connectivity index (χ1n) is 10.7. The summed E-state index contributed by atoms with van der Waals surface area (Å²) in [5.41, 5.74) is 8.62. The highest BCUT2D eigenvalue weighted by atomic mass is 16.5. The van der Waals surface area contributed by atoms with Crippen molar-refractivity contribution in [3.63, 3.8) is 0 Å². The lowest BCUT2D eigenvalue weighted by molar-refractivity contribution is -0.137. The van der Waals surface area contributed by atoms with E-state index in [4.69, 9.17) is 15.5 Å². The molecule has 2 N–H and O–H groups in total. The van der Waals surface area contributed by atoms with Crippen molar-refractivity contribution in [1.29, 1.82) is 0 Å². The van der Waals surface area contributed by atoms with Crippen molar-refractivity contribution in [2.75, 3.05) is 19.7 Å². The fraction of sp³-hybridized carbons (Fsp3) is 0.478. The number of pyridine rings is 1. The number of aryl methyl sites for hydroxylation is 1. The number of rotatable bonds is 4. The molecule has 4 rings (SSSR count). The molecule has 0 saturated carbocycles. The molecule has 1 fully saturated rings. The lowest BCUT2D eigenvalue weighted by Crippen LogP contribution is -2.43. The van der Waals surface area contributed by atoms with Crippen LogP contribution < -0.4 is 5.73 Å². The van der Waals surface area contributed by atoms with Crippen LogP contribution in [0.25, 0.3) is 10.9 Å². The Labute approximate surface area is 175 Å². The number of hydrogen-bond acceptors (Lipinski definition) is 5. The molecule has 7 nitrogen and oxygen atoms in total. The fourth-order valence-corrected chi connectivity index (χ4v) is 4.49. The maximum Gasteiger partial charge on any atom is 0.339 e. The Balaban J connectivity index is 1.50. The van der Waals surface area contributed by atoms with Gasteiger partial charge in [0.1, 0.15) is 0 Å². The normalized spacial score (nSPS) is 17.3. The van der Waals surface area contributed by atoms with Crippen LogP contribution in [-0.2, 0) is 27.2 Å². The maximum absolute atomic E-state index is 13.1. The van der Waals surface area contributed by atoms with E-state index in [2.05, 4.69) is 0 Å². The summed E-state index contributed by atoms with van der Waals surface area (Å²) in [6.45, 7) is 0.612. The van der Waals surface area contributed by atoms with E-state index in [-0.39, 0.29) is 24.3 Å². The predicted molar refractivity (Wildman–Crippen MR) is 112 cm³/mol. The average molecular weight is 409 g/mol. The summed E-state index contributed by atoms with van der Waals surface area (Å²) < 4.78 is 5.48. The van der Waals surface area contributed by atoms with Crippen molar-refractivity contribution in [2.45, 2.75) is 44.9 Å². The van der Waals surface area contributed by atoms with Crippen molar-refractivity contribution in [1.82, 2.24) is 9.88 Å². The average Bonchev–Trinajstić information content (AvgIpc) is 3.00. The minimum atomic E-state index is -0.466. The number of carbonyl (C=O) groups excluding carboxylic acids is 3. The largest absolute Gasteiger partial charge is 0.452 e. The summed E-state index contributed by atoms with van der Waals surface area (Å²) in [6.07, 6.45) is 5.95. The Morgan fingerprint density at radius 3 is 2.57 bits per heavy atom. The summed E-state index contributed by atoms with van der Waals surface area (Å²) in [5.74, 6) is -1.21. The fourth-order valence-electron chi connectivity index (χ4n) is 4.49. The maximum atomic E-state index is 13.1. The first-order chi connectivity index (χ1) is 14.5. The number of para-hydroxylation sites is 1. The number of carbonyl (C=O) groups is 3. The molecule has 2 aliphatic rings. The molecule has 0 unspecified atom stereocenters. The number of primary amides is 1. The minimum absolute atomic E-state index is 0.185. The van der Waals surface area contributed by atoms with Crippen molar-refractivity contribution in [3.8, 4) is 0 Å². The van der Waals surface area contributed by atoms with Crippen LogP contribution in [0.5, 0.6) is 0 Å². The molecular weight excluding hydrogens is 382 g/mol. The third-order valence-corrected chi connectivity index (χ3v) is 6.20. The molecule has 1 aliphatic heterocycles. The SMILES string of the molecule is NC(=O)C1CCN(C(=O)COC(=O)c2c3c(nc4ccccc24)CCCCC3)CC1. The highest BCUT2D eigenvalue weighted by Crippen LogP contribution is 2.29. The second-order valence-corrected chi connectivity index (χ2v) is 8.12. The standard InChI is InChI=1S/C23H27N3O4/c24-22(28)15-10-12-26(13-11-15)20(27)14-30-23(29)21-16-6-2-1-3-8-18(16)25-19-9-5-4-7-17(19)21/h4-5,7,9,15H,1-3,6,8,10-14H2,(H2,24,28). The number of piperidine rings is 1. The number of hydrogen-bond donors (Lipinski definition) is 1. The zero-order valence-electron chi connectivity index (χ0n) is 17.1. The topological polar surface area (TPSA) is 103 Å². The molecular formula is C23H27N3O4. The molecule has 0 bridgehead atoms. The van der Waals surface area contributed by atoms with Gasteiger partial charge in [0.05, 0.1) is 11.1 Å². The van der Waals surface area contributed by atoms with Gasteiger partial charge < -0.3 is 15.4 Å². The van der Waals surface area contributed by atoms with Crippen LogP contribution in [0.1, 0.15) is 53.7 Å². The first-order valence-corrected chi connectivity index (χ1v) is 10.7. The molecule has 1 aliphatic carbocycles. The monoisotopic (exact) mass is 409 g/mol. The quantitative estimate of drug-likeness (QED) is 0.617. The van der Waals surface area contributed by atoms with Crippen molar-refractivity contribution in [3.05, 3.63) is 41.1 Å². The van der Waals surface area contributed by atoms with Gasteiger partial charge in [-0.1, -0.05) is 24.6 Å². The van der Waals surface area contributed by atoms with E-state index in [1.807, 2.05) is 24.3 Å². The van der Waals surface area contributed by atoms with Gasteiger partial charge in [0.2, 0.25) is 5.91 Å². The molecule has 0 spiro atoms. The van der Waals surface area contributed by atoms with E-state index in [1.54, 1.807) is 4.90 Å². The Morgan fingerprint density at radius 2 is 1.80 bits per heavy atom. The second-order valence-electron chi connectivity index (χ2n) is 8.12. The van der Waals surface area contributed by atoms with Crippen LogP contribution in [-0.4, -0.2) is 47.4 Å². The molecule has 0 atom stereocenters. The predicted octanol–water partition coefficient (Wildman–Crippen LogP) is 2.38. The van der Waals surface area contributed by atoms with E-state index in [0.29, 0.717) is 31.5 Å². The molecule has 0 radical (unpaired) electrons. The van der Waals surface area contributed by atoms with Crippen LogP contribution in [0.4, 0.5) is 0 Å². The number of aromatic nitrogens is 1. The molecule has 1 aromatic heterocycles. The van der Waals surface area contributed by atoms with Crippen LogP contribution in [0.15, 0.2) is 24.3 Å². The van der Waals surface area contributed by atoms with E-state index in [9.17, 15) is 14.4 Å². The van der Waals surface area contributed by atoms with Crippen LogP contribution in [0, 0.1) is 5.92 Å². The number of amides is 2. The van der Waals surface area contributed by atoms with E-state index >= 15 is 0 Å². The van der Waals surface area contributed by atoms with Crippen molar-refractivity contribution >= 4 is 28.7 Å². The smallest absolute Gasteiger partial charge is 0.339 e. The molecule has 2 heterocycles. The van der Waals surface area contributed by atoms with Gasteiger partial charge in [0, 0.05) is 30.1 Å². The van der Waals surface area contributed by atoms with Crippen LogP contribution in [0.3, 0.4) is 0 Å². The highest BCUT2D eigenvalue weighted by Gasteiger charge is 2.27. The highest BCUT2D eigenvalue weighted by molar-refractivity contribution is 6.05. The summed E-state index contributed by atoms with van der Waals surface area (Å²) in [4.78, 5) is 43.3. The van der Waals surface area contributed by atoms with Crippen LogP contribution >= 0.6 is 0 Å². The number of nitrogens with two attached hydrogens (primary N) is 1. The molecule has 1 saturated heterocycles. The Kier molecular flexibility index (Phi) is 5.97. The van der Waals surface area contributed by atoms with E-state index in [1.165, 1.54) is 0 Å². The zero-order valence-corrected chi connectivity index (χ0v) is 17.1. The van der Waals surface area contributed by atoms with Crippen LogP contribution in [0.2, 0.25) is 0 Å². The lowest BCUT2D eigenvalue weighted by atomic mass is 9.96. The molecule has 158 valence electrons. The zero-order chi connectivity index (χ0) is 21.1. The number of esters is 1. The first kappa shape index (κ1) is 20.3. The summed E-state index contributed by atoms with van der Waals surface area (Å²) in [7, 11) is 0. The molecule has 2 aromatic rings. The lowest BCUT2D eigenvalue weighted by Gasteiger charge is -2.30. The van der Waals surface area contributed by atoms with Gasteiger partial charge >= 0.3 is 5.97 Å². The van der Waals surface area contributed by atoms with Gasteiger partial charge in [0.15, 0.2) is 6.61 Å². The Morgan fingerprint density at radius 1 is 1.07 bits per heavy atom. The Bertz CT molecular complexity index is 980. The minimum Gasteiger partial charge on any atom is -0.452 e. The number of likely N-dealkylation sites (tertiary alicyclic amines) is 1. The van der Waals surface area contributed by atoms with Gasteiger partial charge in [0.25, 0.3) is 5.91 Å². The van der Waals surface area contributed by atoms with Gasteiger partial charge in [-0.25, -0.2) is 4.79 Å². The van der Waals surface area contributed by atoms with Gasteiger partial charge in [-0.3, -0.25) is 14.6 Å². The van der Waals surface area contributed by atoms with E-state index in [0.717, 1.165) is 54.3 Å². The number of benzene rings is 1. The summed E-state index contributed by atoms with van der Waals surface area (Å²) in [6, 6.07) is 7.59. The van der Waals surface area contributed by atoms with Crippen molar-refractivity contribution < 1.29 is 19.1 Å². The molecule has 30 heavy (non-hydrogen) atoms. The number of fused-ring (bicyclic) bond motifs is 2. The molecule has 7 heteroatoms. The summed E-state index contributed by atoms with van der Waals surface area (Å²) >= 11 is 0.